The normalized spacial score (nSPS) is 10.9. The predicted molar refractivity (Wildman–Crippen MR) is 62.2 cm³/mol. The minimum atomic E-state index is 0.375. The van der Waals surface area contributed by atoms with E-state index in [0.29, 0.717) is 17.4 Å². The van der Waals surface area contributed by atoms with Crippen LogP contribution in [0, 0.1) is 4.84 Å². The van der Waals surface area contributed by atoms with E-state index in [1.165, 1.54) is 0 Å². The molecule has 0 aliphatic rings. The van der Waals surface area contributed by atoms with Crippen LogP contribution in [0.15, 0.2) is 28.9 Å². The zero-order chi connectivity index (χ0) is 11.5. The first-order chi connectivity index (χ1) is 7.66. The number of hydrogen-bond acceptors (Lipinski definition) is 5. The average molecular weight is 236 g/mol. The van der Waals surface area contributed by atoms with Crippen LogP contribution in [-0.2, 0) is 6.67 Å². The molecule has 84 valence electrons. The molecule has 0 spiro atoms. The van der Waals surface area contributed by atoms with E-state index in [1.807, 2.05) is 31.1 Å². The van der Waals surface area contributed by atoms with Gasteiger partial charge in [-0.1, -0.05) is 0 Å². The van der Waals surface area contributed by atoms with Crippen LogP contribution in [0.25, 0.3) is 11.5 Å². The van der Waals surface area contributed by atoms with E-state index < -0.39 is 0 Å². The van der Waals surface area contributed by atoms with E-state index in [0.717, 1.165) is 5.56 Å². The SMILES string of the molecule is CN(C)Cn1nc(-c2ccncc2)oc1=S. The van der Waals surface area contributed by atoms with Gasteiger partial charge >= 0.3 is 0 Å². The Morgan fingerprint density at radius 1 is 1.38 bits per heavy atom. The molecule has 2 heterocycles. The molecule has 0 aromatic carbocycles. The lowest BCUT2D eigenvalue weighted by Gasteiger charge is -2.06. The molecule has 6 heteroatoms. The summed E-state index contributed by atoms with van der Waals surface area (Å²) < 4.78 is 7.06. The van der Waals surface area contributed by atoms with Crippen molar-refractivity contribution >= 4 is 12.2 Å². The van der Waals surface area contributed by atoms with Gasteiger partial charge in [0.15, 0.2) is 0 Å². The highest BCUT2D eigenvalue weighted by molar-refractivity contribution is 7.71. The molecule has 0 N–H and O–H groups in total. The van der Waals surface area contributed by atoms with Crippen LogP contribution >= 0.6 is 12.2 Å². The van der Waals surface area contributed by atoms with Crippen LogP contribution in [-0.4, -0.2) is 33.8 Å². The molecule has 0 saturated heterocycles. The first-order valence-electron chi connectivity index (χ1n) is 4.80. The maximum atomic E-state index is 5.41. The lowest BCUT2D eigenvalue weighted by atomic mass is 10.3. The van der Waals surface area contributed by atoms with Gasteiger partial charge < -0.3 is 4.42 Å². The van der Waals surface area contributed by atoms with Gasteiger partial charge in [0.1, 0.15) is 0 Å². The Labute approximate surface area is 98.3 Å². The Morgan fingerprint density at radius 2 is 2.06 bits per heavy atom. The second-order valence-electron chi connectivity index (χ2n) is 3.63. The molecule has 2 aromatic rings. The third-order valence-corrected chi connectivity index (χ3v) is 2.24. The van der Waals surface area contributed by atoms with Crippen LogP contribution in [0.2, 0.25) is 0 Å². The quantitative estimate of drug-likeness (QED) is 0.760. The molecular weight excluding hydrogens is 224 g/mol. The van der Waals surface area contributed by atoms with E-state index in [2.05, 4.69) is 10.1 Å². The molecular formula is C10H12N4OS. The number of rotatable bonds is 3. The Hall–Kier alpha value is -1.53. The summed E-state index contributed by atoms with van der Waals surface area (Å²) in [4.78, 5) is 6.28. The van der Waals surface area contributed by atoms with Gasteiger partial charge in [0, 0.05) is 18.0 Å². The third-order valence-electron chi connectivity index (χ3n) is 1.95. The van der Waals surface area contributed by atoms with Crippen molar-refractivity contribution in [2.75, 3.05) is 14.1 Å². The van der Waals surface area contributed by atoms with Crippen molar-refractivity contribution in [1.29, 1.82) is 0 Å². The molecule has 2 rings (SSSR count). The Kier molecular flexibility index (Phi) is 3.12. The molecule has 0 atom stereocenters. The minimum Gasteiger partial charge on any atom is -0.409 e. The van der Waals surface area contributed by atoms with Crippen LogP contribution in [0.5, 0.6) is 0 Å². The second kappa shape index (κ2) is 4.54. The smallest absolute Gasteiger partial charge is 0.288 e. The monoisotopic (exact) mass is 236 g/mol. The maximum Gasteiger partial charge on any atom is 0.288 e. The standard InChI is InChI=1S/C10H12N4OS/c1-13(2)7-14-10(16)15-9(12-14)8-3-5-11-6-4-8/h3-6H,7H2,1-2H3. The zero-order valence-corrected chi connectivity index (χ0v) is 9.94. The molecule has 0 aliphatic carbocycles. The molecule has 2 aromatic heterocycles. The van der Waals surface area contributed by atoms with Crippen LogP contribution in [0.1, 0.15) is 0 Å². The molecule has 0 amide bonds. The summed E-state index contributed by atoms with van der Waals surface area (Å²) in [5.74, 6) is 0.522. The number of aromatic nitrogens is 3. The van der Waals surface area contributed by atoms with E-state index in [4.69, 9.17) is 16.6 Å². The van der Waals surface area contributed by atoms with Gasteiger partial charge in [0.25, 0.3) is 4.84 Å². The van der Waals surface area contributed by atoms with Crippen molar-refractivity contribution in [2.45, 2.75) is 6.67 Å². The highest BCUT2D eigenvalue weighted by Gasteiger charge is 2.07. The largest absolute Gasteiger partial charge is 0.409 e. The molecule has 16 heavy (non-hydrogen) atoms. The van der Waals surface area contributed by atoms with Gasteiger partial charge in [-0.25, -0.2) is 4.68 Å². The van der Waals surface area contributed by atoms with Crippen molar-refractivity contribution in [1.82, 2.24) is 19.7 Å². The highest BCUT2D eigenvalue weighted by atomic mass is 32.1. The minimum absolute atomic E-state index is 0.375. The number of hydrogen-bond donors (Lipinski definition) is 0. The third kappa shape index (κ3) is 2.34. The van der Waals surface area contributed by atoms with Crippen LogP contribution in [0.4, 0.5) is 0 Å². The van der Waals surface area contributed by atoms with Gasteiger partial charge in [-0.3, -0.25) is 9.88 Å². The van der Waals surface area contributed by atoms with Crippen molar-refractivity contribution in [3.63, 3.8) is 0 Å². The van der Waals surface area contributed by atoms with Crippen molar-refractivity contribution in [3.05, 3.63) is 29.4 Å². The first-order valence-corrected chi connectivity index (χ1v) is 5.21. The van der Waals surface area contributed by atoms with Crippen molar-refractivity contribution < 1.29 is 4.42 Å². The van der Waals surface area contributed by atoms with Crippen LogP contribution in [0.3, 0.4) is 0 Å². The fraction of sp³-hybridized carbons (Fsp3) is 0.300. The summed E-state index contributed by atoms with van der Waals surface area (Å²) >= 11 is 5.08. The van der Waals surface area contributed by atoms with Crippen LogP contribution < -0.4 is 0 Å². The van der Waals surface area contributed by atoms with E-state index >= 15 is 0 Å². The van der Waals surface area contributed by atoms with E-state index in [9.17, 15) is 0 Å². The average Bonchev–Trinajstić information content (AvgIpc) is 2.61. The molecule has 0 aliphatic heterocycles. The number of nitrogens with zero attached hydrogens (tertiary/aromatic N) is 4. The Balaban J connectivity index is 2.35. The highest BCUT2D eigenvalue weighted by Crippen LogP contribution is 2.16. The molecule has 5 nitrogen and oxygen atoms in total. The zero-order valence-electron chi connectivity index (χ0n) is 9.12. The van der Waals surface area contributed by atoms with Gasteiger partial charge in [-0.2, -0.15) is 0 Å². The molecule has 0 saturated carbocycles. The van der Waals surface area contributed by atoms with Gasteiger partial charge in [-0.05, 0) is 38.4 Å². The fourth-order valence-electron chi connectivity index (χ4n) is 1.27. The molecule has 0 bridgehead atoms. The lowest BCUT2D eigenvalue weighted by Crippen LogP contribution is -2.17. The molecule has 0 fully saturated rings. The molecule has 0 unspecified atom stereocenters. The summed E-state index contributed by atoms with van der Waals surface area (Å²) in [5.41, 5.74) is 0.874. The van der Waals surface area contributed by atoms with Crippen molar-refractivity contribution in [2.24, 2.45) is 0 Å². The Morgan fingerprint density at radius 3 is 2.69 bits per heavy atom. The second-order valence-corrected chi connectivity index (χ2v) is 3.98. The maximum absolute atomic E-state index is 5.41. The van der Waals surface area contributed by atoms with Gasteiger partial charge in [-0.15, -0.1) is 5.10 Å². The summed E-state index contributed by atoms with van der Waals surface area (Å²) in [7, 11) is 3.89. The topological polar surface area (TPSA) is 47.1 Å². The van der Waals surface area contributed by atoms with Gasteiger partial charge in [0.2, 0.25) is 5.89 Å². The summed E-state index contributed by atoms with van der Waals surface area (Å²) in [5, 5.41) is 4.30. The summed E-state index contributed by atoms with van der Waals surface area (Å²) in [6, 6.07) is 3.67. The predicted octanol–water partition coefficient (Wildman–Crippen LogP) is 1.79. The molecule has 0 radical (unpaired) electrons. The first kappa shape index (κ1) is 11.0. The Bertz CT molecular complexity index is 517. The van der Waals surface area contributed by atoms with Gasteiger partial charge in [0.05, 0.1) is 6.67 Å². The number of pyridine rings is 1. The van der Waals surface area contributed by atoms with Crippen molar-refractivity contribution in [3.8, 4) is 11.5 Å². The van der Waals surface area contributed by atoms with E-state index in [1.54, 1.807) is 17.1 Å². The lowest BCUT2D eigenvalue weighted by molar-refractivity contribution is 0.298. The van der Waals surface area contributed by atoms with E-state index in [-0.39, 0.29) is 0 Å². The summed E-state index contributed by atoms with van der Waals surface area (Å²) in [6.45, 7) is 0.605. The summed E-state index contributed by atoms with van der Waals surface area (Å²) in [6.07, 6.45) is 3.39. The fourth-order valence-corrected chi connectivity index (χ4v) is 1.45.